The quantitative estimate of drug-likeness (QED) is 0.778. The van der Waals surface area contributed by atoms with E-state index >= 15 is 0 Å². The van der Waals surface area contributed by atoms with Crippen molar-refractivity contribution in [2.24, 2.45) is 0 Å². The average molecular weight is 363 g/mol. The molecule has 0 atom stereocenters. The highest BCUT2D eigenvalue weighted by molar-refractivity contribution is 7.92. The second-order valence-electron chi connectivity index (χ2n) is 5.92. The van der Waals surface area contributed by atoms with E-state index in [0.717, 1.165) is 25.2 Å². The van der Waals surface area contributed by atoms with Crippen molar-refractivity contribution in [2.75, 3.05) is 30.3 Å². The number of hydrogen-bond acceptors (Lipinski definition) is 5. The van der Waals surface area contributed by atoms with Crippen LogP contribution in [-0.4, -0.2) is 34.1 Å². The molecular weight excluding hydrogens is 338 g/mol. The number of rotatable bonds is 8. The molecule has 136 valence electrons. The van der Waals surface area contributed by atoms with Gasteiger partial charge in [-0.25, -0.2) is 13.4 Å². The van der Waals surface area contributed by atoms with E-state index < -0.39 is 10.0 Å². The molecule has 1 aromatic carbocycles. The lowest BCUT2D eigenvalue weighted by Gasteiger charge is -2.18. The summed E-state index contributed by atoms with van der Waals surface area (Å²) in [6.45, 7) is 4.79. The molecule has 1 N–H and O–H groups in total. The first kappa shape index (κ1) is 19.1. The maximum absolute atomic E-state index is 12.6. The highest BCUT2D eigenvalue weighted by Crippen LogP contribution is 2.23. The van der Waals surface area contributed by atoms with Crippen LogP contribution in [0.25, 0.3) is 0 Å². The lowest BCUT2D eigenvalue weighted by molar-refractivity contribution is 0.414. The van der Waals surface area contributed by atoms with Crippen LogP contribution in [0.3, 0.4) is 0 Å². The average Bonchev–Trinajstić information content (AvgIpc) is 2.59. The van der Waals surface area contributed by atoms with Crippen molar-refractivity contribution in [3.8, 4) is 5.75 Å². The molecule has 0 aliphatic rings. The molecule has 0 radical (unpaired) electrons. The molecule has 0 spiro atoms. The third kappa shape index (κ3) is 4.85. The lowest BCUT2D eigenvalue weighted by Crippen LogP contribution is -2.19. The van der Waals surface area contributed by atoms with Crippen LogP contribution < -0.4 is 14.4 Å². The number of sulfonamides is 1. The number of ether oxygens (including phenoxy) is 1. The van der Waals surface area contributed by atoms with Gasteiger partial charge in [-0.05, 0) is 49.2 Å². The van der Waals surface area contributed by atoms with Crippen molar-refractivity contribution in [1.29, 1.82) is 0 Å². The fourth-order valence-electron chi connectivity index (χ4n) is 2.44. The summed E-state index contributed by atoms with van der Waals surface area (Å²) in [5.74, 6) is 1.44. The molecule has 0 amide bonds. The van der Waals surface area contributed by atoms with Crippen molar-refractivity contribution in [1.82, 2.24) is 4.98 Å². The Kier molecular flexibility index (Phi) is 6.25. The second kappa shape index (κ2) is 8.20. The van der Waals surface area contributed by atoms with Gasteiger partial charge in [-0.1, -0.05) is 13.3 Å². The monoisotopic (exact) mass is 363 g/mol. The Morgan fingerprint density at radius 2 is 2.00 bits per heavy atom. The van der Waals surface area contributed by atoms with Gasteiger partial charge in [0.15, 0.2) is 0 Å². The van der Waals surface area contributed by atoms with E-state index in [1.54, 1.807) is 32.2 Å². The zero-order valence-corrected chi connectivity index (χ0v) is 15.9. The number of anilines is 2. The van der Waals surface area contributed by atoms with Gasteiger partial charge < -0.3 is 9.64 Å². The fourth-order valence-corrected chi connectivity index (χ4v) is 3.71. The summed E-state index contributed by atoms with van der Waals surface area (Å²) in [6.07, 6.45) is 3.74. The van der Waals surface area contributed by atoms with Gasteiger partial charge >= 0.3 is 0 Å². The topological polar surface area (TPSA) is 71.5 Å². The molecule has 0 unspecified atom stereocenters. The van der Waals surface area contributed by atoms with Gasteiger partial charge in [0.1, 0.15) is 11.6 Å². The Morgan fingerprint density at radius 3 is 2.56 bits per heavy atom. The van der Waals surface area contributed by atoms with Crippen molar-refractivity contribution in [2.45, 2.75) is 31.6 Å². The minimum Gasteiger partial charge on any atom is -0.497 e. The molecule has 1 aromatic heterocycles. The predicted octanol–water partition coefficient (Wildman–Crippen LogP) is 3.44. The molecule has 2 rings (SSSR count). The van der Waals surface area contributed by atoms with Gasteiger partial charge in [0, 0.05) is 13.6 Å². The second-order valence-corrected chi connectivity index (χ2v) is 7.57. The molecule has 25 heavy (non-hydrogen) atoms. The highest BCUT2D eigenvalue weighted by Gasteiger charge is 2.17. The van der Waals surface area contributed by atoms with Crippen molar-refractivity contribution in [3.63, 3.8) is 0 Å². The smallest absolute Gasteiger partial charge is 0.262 e. The lowest BCUT2D eigenvalue weighted by atomic mass is 10.2. The third-order valence-electron chi connectivity index (χ3n) is 3.91. The number of pyridine rings is 1. The predicted molar refractivity (Wildman–Crippen MR) is 101 cm³/mol. The molecule has 6 nitrogen and oxygen atoms in total. The number of aromatic nitrogens is 1. The fraction of sp³-hybridized carbons (Fsp3) is 0.389. The van der Waals surface area contributed by atoms with Gasteiger partial charge in [0.05, 0.1) is 23.9 Å². The molecule has 7 heteroatoms. The molecule has 0 saturated carbocycles. The summed E-state index contributed by atoms with van der Waals surface area (Å²) >= 11 is 0. The van der Waals surface area contributed by atoms with Crippen molar-refractivity contribution < 1.29 is 13.2 Å². The number of unbranched alkanes of at least 4 members (excludes halogenated alkanes) is 1. The van der Waals surface area contributed by atoms with Crippen LogP contribution in [0.1, 0.15) is 25.3 Å². The normalized spacial score (nSPS) is 11.2. The van der Waals surface area contributed by atoms with Gasteiger partial charge in [0.2, 0.25) is 0 Å². The number of nitrogens with one attached hydrogen (secondary N) is 1. The molecule has 0 aliphatic carbocycles. The van der Waals surface area contributed by atoms with Crippen molar-refractivity contribution >= 4 is 21.5 Å². The largest absolute Gasteiger partial charge is 0.497 e. The Labute approximate surface area is 149 Å². The SMILES string of the molecule is CCCCN(C)c1ccc(NS(=O)(=O)c2ccc(OC)cc2C)cn1. The van der Waals surface area contributed by atoms with Crippen LogP contribution in [0.2, 0.25) is 0 Å². The van der Waals surface area contributed by atoms with E-state index in [-0.39, 0.29) is 4.90 Å². The van der Waals surface area contributed by atoms with Crippen LogP contribution in [0.5, 0.6) is 5.75 Å². The summed E-state index contributed by atoms with van der Waals surface area (Å²) in [6, 6.07) is 8.40. The molecular formula is C18H25N3O3S. The summed E-state index contributed by atoms with van der Waals surface area (Å²) in [5.41, 5.74) is 1.05. The molecule has 0 bridgehead atoms. The molecule has 1 heterocycles. The number of aryl methyl sites for hydroxylation is 1. The van der Waals surface area contributed by atoms with E-state index in [1.165, 1.54) is 12.3 Å². The summed E-state index contributed by atoms with van der Waals surface area (Å²) < 4.78 is 32.9. The minimum absolute atomic E-state index is 0.220. The number of methoxy groups -OCH3 is 1. The van der Waals surface area contributed by atoms with E-state index in [0.29, 0.717) is 17.0 Å². The molecule has 0 fully saturated rings. The maximum Gasteiger partial charge on any atom is 0.262 e. The van der Waals surface area contributed by atoms with Crippen LogP contribution in [-0.2, 0) is 10.0 Å². The Morgan fingerprint density at radius 1 is 1.24 bits per heavy atom. The number of benzene rings is 1. The third-order valence-corrected chi connectivity index (χ3v) is 5.45. The first-order chi connectivity index (χ1) is 11.9. The number of nitrogens with zero attached hydrogens (tertiary/aromatic N) is 2. The summed E-state index contributed by atoms with van der Waals surface area (Å²) in [4.78, 5) is 6.61. The zero-order valence-electron chi connectivity index (χ0n) is 15.1. The van der Waals surface area contributed by atoms with Crippen LogP contribution >= 0.6 is 0 Å². The maximum atomic E-state index is 12.6. The van der Waals surface area contributed by atoms with Gasteiger partial charge in [-0.15, -0.1) is 0 Å². The van der Waals surface area contributed by atoms with Gasteiger partial charge in [-0.3, -0.25) is 4.72 Å². The molecule has 2 aromatic rings. The van der Waals surface area contributed by atoms with Crippen LogP contribution in [0.4, 0.5) is 11.5 Å². The first-order valence-electron chi connectivity index (χ1n) is 8.22. The van der Waals surface area contributed by atoms with Crippen LogP contribution in [0, 0.1) is 6.92 Å². The Bertz CT molecular complexity index is 805. The summed E-state index contributed by atoms with van der Waals surface area (Å²) in [5, 5.41) is 0. The van der Waals surface area contributed by atoms with Crippen LogP contribution in [0.15, 0.2) is 41.4 Å². The molecule has 0 aliphatic heterocycles. The Hall–Kier alpha value is -2.28. The Balaban J connectivity index is 2.15. The summed E-state index contributed by atoms with van der Waals surface area (Å²) in [7, 11) is -0.153. The number of hydrogen-bond donors (Lipinski definition) is 1. The molecule has 0 saturated heterocycles. The first-order valence-corrected chi connectivity index (χ1v) is 9.70. The highest BCUT2D eigenvalue weighted by atomic mass is 32.2. The van der Waals surface area contributed by atoms with E-state index in [2.05, 4.69) is 21.5 Å². The minimum atomic E-state index is -3.68. The van der Waals surface area contributed by atoms with Crippen molar-refractivity contribution in [3.05, 3.63) is 42.1 Å². The van der Waals surface area contributed by atoms with E-state index in [4.69, 9.17) is 4.74 Å². The van der Waals surface area contributed by atoms with Gasteiger partial charge in [-0.2, -0.15) is 0 Å². The van der Waals surface area contributed by atoms with E-state index in [1.807, 2.05) is 13.1 Å². The standard InChI is InChI=1S/C18H25N3O3S/c1-5-6-11-21(3)18-10-7-15(13-19-18)20-25(22,23)17-9-8-16(24-4)12-14(17)2/h7-10,12-13,20H,5-6,11H2,1-4H3. The zero-order chi connectivity index (χ0) is 18.4. The van der Waals surface area contributed by atoms with Gasteiger partial charge in [0.25, 0.3) is 10.0 Å². The van der Waals surface area contributed by atoms with E-state index in [9.17, 15) is 8.42 Å².